The maximum atomic E-state index is 11.2. The summed E-state index contributed by atoms with van der Waals surface area (Å²) in [5.41, 5.74) is 1.28. The van der Waals surface area contributed by atoms with Crippen molar-refractivity contribution in [3.05, 3.63) is 54.1 Å². The molecule has 2 aromatic carbocycles. The molecule has 0 fully saturated rings. The Kier molecular flexibility index (Phi) is 9.51. The molecule has 1 N–H and O–H groups in total. The lowest BCUT2D eigenvalue weighted by molar-refractivity contribution is 0.471. The fraction of sp³-hybridized carbons (Fsp3) is 0.478. The molecule has 0 saturated carbocycles. The van der Waals surface area contributed by atoms with E-state index in [2.05, 4.69) is 6.92 Å². The summed E-state index contributed by atoms with van der Waals surface area (Å²) in [6.07, 6.45) is 13.0. The van der Waals surface area contributed by atoms with E-state index in [4.69, 9.17) is 9.29 Å². The molecule has 0 aliphatic carbocycles. The van der Waals surface area contributed by atoms with Gasteiger partial charge in [-0.1, -0.05) is 76.5 Å². The van der Waals surface area contributed by atoms with Crippen molar-refractivity contribution in [3.8, 4) is 11.5 Å². The fourth-order valence-electron chi connectivity index (χ4n) is 3.20. The second-order valence-corrected chi connectivity index (χ2v) is 8.70. The van der Waals surface area contributed by atoms with Crippen molar-refractivity contribution in [3.63, 3.8) is 0 Å². The van der Waals surface area contributed by atoms with E-state index < -0.39 is 10.1 Å². The van der Waals surface area contributed by atoms with Gasteiger partial charge < -0.3 is 4.74 Å². The molecule has 4 nitrogen and oxygen atoms in total. The molecular formula is C23H32O4S. The summed E-state index contributed by atoms with van der Waals surface area (Å²) in [5.74, 6) is 1.02. The van der Waals surface area contributed by atoms with E-state index in [1.54, 1.807) is 6.07 Å². The lowest BCUT2D eigenvalue weighted by Crippen LogP contribution is -1.98. The Bertz CT molecular complexity index is 798. The van der Waals surface area contributed by atoms with Crippen molar-refractivity contribution < 1.29 is 17.7 Å². The van der Waals surface area contributed by atoms with Crippen LogP contribution in [0.2, 0.25) is 0 Å². The zero-order valence-corrected chi connectivity index (χ0v) is 17.6. The van der Waals surface area contributed by atoms with Gasteiger partial charge in [-0.05, 0) is 42.7 Å². The van der Waals surface area contributed by atoms with Crippen molar-refractivity contribution in [2.24, 2.45) is 0 Å². The number of hydrogen-bond acceptors (Lipinski definition) is 3. The van der Waals surface area contributed by atoms with Crippen molar-refractivity contribution in [1.82, 2.24) is 0 Å². The lowest BCUT2D eigenvalue weighted by Gasteiger charge is -2.08. The number of aryl methyl sites for hydroxylation is 1. The minimum absolute atomic E-state index is 0.174. The average molecular weight is 405 g/mol. The summed E-state index contributed by atoms with van der Waals surface area (Å²) in [6, 6.07) is 13.7. The van der Waals surface area contributed by atoms with E-state index >= 15 is 0 Å². The molecule has 154 valence electrons. The highest BCUT2D eigenvalue weighted by Gasteiger charge is 2.10. The quantitative estimate of drug-likeness (QED) is 0.294. The Labute approximate surface area is 169 Å². The number of benzene rings is 2. The number of unbranched alkanes of at least 4 members (excludes halogenated alkanes) is 8. The molecule has 0 atom stereocenters. The Morgan fingerprint density at radius 2 is 1.39 bits per heavy atom. The van der Waals surface area contributed by atoms with Crippen LogP contribution in [0.4, 0.5) is 0 Å². The van der Waals surface area contributed by atoms with Crippen LogP contribution in [0, 0.1) is 0 Å². The Morgan fingerprint density at radius 1 is 0.786 bits per heavy atom. The molecule has 0 bridgehead atoms. The molecule has 5 heteroatoms. The topological polar surface area (TPSA) is 63.6 Å². The standard InChI is InChI=1S/C23H32O4S/c1-2-3-4-5-6-7-8-9-10-12-20-15-17-21(18-16-20)27-22-13-11-14-23(19-22)28(24,25)26/h11,13-19H,2-10,12H2,1H3,(H,24,25,26). The van der Waals surface area contributed by atoms with E-state index in [-0.39, 0.29) is 4.90 Å². The summed E-state index contributed by atoms with van der Waals surface area (Å²) in [5, 5.41) is 0. The van der Waals surface area contributed by atoms with Crippen molar-refractivity contribution in [1.29, 1.82) is 0 Å². The molecule has 2 aromatic rings. The monoisotopic (exact) mass is 404 g/mol. The highest BCUT2D eigenvalue weighted by atomic mass is 32.2. The predicted molar refractivity (Wildman–Crippen MR) is 114 cm³/mol. The molecular weight excluding hydrogens is 372 g/mol. The summed E-state index contributed by atoms with van der Waals surface area (Å²) >= 11 is 0. The van der Waals surface area contributed by atoms with Crippen LogP contribution in [0.15, 0.2) is 53.4 Å². The van der Waals surface area contributed by atoms with Crippen LogP contribution in [-0.2, 0) is 16.5 Å². The molecule has 0 radical (unpaired) electrons. The van der Waals surface area contributed by atoms with E-state index in [1.807, 2.05) is 24.3 Å². The maximum absolute atomic E-state index is 11.2. The first-order valence-electron chi connectivity index (χ1n) is 10.3. The summed E-state index contributed by atoms with van der Waals surface area (Å²) in [6.45, 7) is 2.25. The normalized spacial score (nSPS) is 11.5. The third kappa shape index (κ3) is 8.44. The Balaban J connectivity index is 1.71. The van der Waals surface area contributed by atoms with Gasteiger partial charge in [0.2, 0.25) is 0 Å². The largest absolute Gasteiger partial charge is 0.457 e. The van der Waals surface area contributed by atoms with Gasteiger partial charge in [-0.3, -0.25) is 4.55 Å². The summed E-state index contributed by atoms with van der Waals surface area (Å²) in [4.78, 5) is -0.174. The Morgan fingerprint density at radius 3 is 2.00 bits per heavy atom. The molecule has 0 amide bonds. The van der Waals surface area contributed by atoms with Crippen molar-refractivity contribution in [2.45, 2.75) is 76.0 Å². The zero-order valence-electron chi connectivity index (χ0n) is 16.8. The van der Waals surface area contributed by atoms with Gasteiger partial charge in [0.25, 0.3) is 10.1 Å². The van der Waals surface area contributed by atoms with Crippen LogP contribution >= 0.6 is 0 Å². The smallest absolute Gasteiger partial charge is 0.294 e. The van der Waals surface area contributed by atoms with Gasteiger partial charge >= 0.3 is 0 Å². The first-order valence-corrected chi connectivity index (χ1v) is 11.8. The van der Waals surface area contributed by atoms with Crippen LogP contribution in [0.25, 0.3) is 0 Å². The molecule has 0 aliphatic rings. The number of hydrogen-bond donors (Lipinski definition) is 1. The van der Waals surface area contributed by atoms with Crippen LogP contribution in [-0.4, -0.2) is 13.0 Å². The molecule has 28 heavy (non-hydrogen) atoms. The number of rotatable bonds is 13. The first-order chi connectivity index (χ1) is 13.5. The lowest BCUT2D eigenvalue weighted by atomic mass is 10.0. The molecule has 0 aliphatic heterocycles. The third-order valence-electron chi connectivity index (χ3n) is 4.83. The molecule has 0 heterocycles. The Hall–Kier alpha value is -1.85. The summed E-state index contributed by atoms with van der Waals surface area (Å²) in [7, 11) is -4.23. The van der Waals surface area contributed by atoms with E-state index in [0.29, 0.717) is 11.5 Å². The van der Waals surface area contributed by atoms with Gasteiger partial charge in [0.1, 0.15) is 11.5 Å². The third-order valence-corrected chi connectivity index (χ3v) is 5.68. The fourth-order valence-corrected chi connectivity index (χ4v) is 3.71. The van der Waals surface area contributed by atoms with Crippen LogP contribution in [0.3, 0.4) is 0 Å². The van der Waals surface area contributed by atoms with Crippen LogP contribution < -0.4 is 4.74 Å². The highest BCUT2D eigenvalue weighted by molar-refractivity contribution is 7.85. The van der Waals surface area contributed by atoms with Gasteiger partial charge in [-0.25, -0.2) is 0 Å². The highest BCUT2D eigenvalue weighted by Crippen LogP contribution is 2.24. The zero-order chi connectivity index (χ0) is 20.2. The second-order valence-electron chi connectivity index (χ2n) is 7.27. The molecule has 0 aromatic heterocycles. The van der Waals surface area contributed by atoms with E-state index in [9.17, 15) is 8.42 Å². The average Bonchev–Trinajstić information content (AvgIpc) is 2.67. The van der Waals surface area contributed by atoms with Gasteiger partial charge in [0.15, 0.2) is 0 Å². The van der Waals surface area contributed by atoms with Gasteiger partial charge in [0.05, 0.1) is 4.90 Å². The molecule has 0 unspecified atom stereocenters. The SMILES string of the molecule is CCCCCCCCCCCc1ccc(Oc2cccc(S(=O)(=O)O)c2)cc1. The summed E-state index contributed by atoms with van der Waals surface area (Å²) < 4.78 is 37.2. The van der Waals surface area contributed by atoms with Crippen LogP contribution in [0.5, 0.6) is 11.5 Å². The van der Waals surface area contributed by atoms with Gasteiger partial charge in [0, 0.05) is 6.07 Å². The minimum Gasteiger partial charge on any atom is -0.457 e. The van der Waals surface area contributed by atoms with Crippen molar-refractivity contribution in [2.75, 3.05) is 0 Å². The molecule has 0 spiro atoms. The first kappa shape index (κ1) is 22.4. The minimum atomic E-state index is -4.23. The van der Waals surface area contributed by atoms with Gasteiger partial charge in [-0.2, -0.15) is 8.42 Å². The van der Waals surface area contributed by atoms with Crippen LogP contribution in [0.1, 0.15) is 70.3 Å². The van der Waals surface area contributed by atoms with Crippen molar-refractivity contribution >= 4 is 10.1 Å². The molecule has 2 rings (SSSR count). The van der Waals surface area contributed by atoms with Gasteiger partial charge in [-0.15, -0.1) is 0 Å². The van der Waals surface area contributed by atoms with E-state index in [0.717, 1.165) is 6.42 Å². The maximum Gasteiger partial charge on any atom is 0.294 e. The van der Waals surface area contributed by atoms with E-state index in [1.165, 1.54) is 81.5 Å². The second kappa shape index (κ2) is 11.9. The number of ether oxygens (including phenoxy) is 1. The predicted octanol–water partition coefficient (Wildman–Crippen LogP) is 6.80. The molecule has 0 saturated heterocycles.